The van der Waals surface area contributed by atoms with Crippen molar-refractivity contribution < 1.29 is 8.42 Å². The van der Waals surface area contributed by atoms with Crippen LogP contribution in [0.15, 0.2) is 52.4 Å². The molecule has 0 fully saturated rings. The molecular formula is C23H35IN4O2S. The van der Waals surface area contributed by atoms with Crippen LogP contribution in [0.4, 0.5) is 0 Å². The van der Waals surface area contributed by atoms with E-state index in [1.54, 1.807) is 13.1 Å². The van der Waals surface area contributed by atoms with Crippen LogP contribution >= 0.6 is 24.0 Å². The fraction of sp³-hybridized carbons (Fsp3) is 0.435. The first-order valence-corrected chi connectivity index (χ1v) is 12.0. The van der Waals surface area contributed by atoms with Crippen molar-refractivity contribution in [1.82, 2.24) is 15.5 Å². The van der Waals surface area contributed by atoms with Gasteiger partial charge in [-0.2, -0.15) is 0 Å². The number of aryl methyl sites for hydroxylation is 2. The minimum absolute atomic E-state index is 0. The zero-order valence-corrected chi connectivity index (χ0v) is 22.4. The molecule has 0 amide bonds. The number of hydrogen-bond acceptors (Lipinski definition) is 4. The third-order valence-electron chi connectivity index (χ3n) is 5.18. The first-order chi connectivity index (χ1) is 14.2. The molecule has 0 aliphatic carbocycles. The highest BCUT2D eigenvalue weighted by molar-refractivity contribution is 14.0. The molecule has 0 spiro atoms. The third-order valence-corrected chi connectivity index (χ3v) is 6.44. The van der Waals surface area contributed by atoms with Crippen LogP contribution in [0.5, 0.6) is 0 Å². The van der Waals surface area contributed by atoms with Crippen LogP contribution in [-0.2, 0) is 22.8 Å². The lowest BCUT2D eigenvalue weighted by atomic mass is 10.0. The summed E-state index contributed by atoms with van der Waals surface area (Å²) in [7, 11) is 2.68. The quantitative estimate of drug-likeness (QED) is 0.295. The van der Waals surface area contributed by atoms with Crippen molar-refractivity contribution in [3.05, 3.63) is 64.7 Å². The fourth-order valence-corrected chi connectivity index (χ4v) is 4.37. The summed E-state index contributed by atoms with van der Waals surface area (Å²) in [6.07, 6.45) is 2.27. The van der Waals surface area contributed by atoms with Crippen LogP contribution in [0, 0.1) is 6.92 Å². The van der Waals surface area contributed by atoms with Gasteiger partial charge in [0.1, 0.15) is 0 Å². The maximum absolute atomic E-state index is 11.8. The molecule has 2 aromatic rings. The zero-order chi connectivity index (χ0) is 22.3. The van der Waals surface area contributed by atoms with E-state index >= 15 is 0 Å². The van der Waals surface area contributed by atoms with E-state index in [9.17, 15) is 8.42 Å². The molecule has 8 heteroatoms. The van der Waals surface area contributed by atoms with E-state index in [1.165, 1.54) is 17.4 Å². The molecule has 2 aromatic carbocycles. The van der Waals surface area contributed by atoms with E-state index < -0.39 is 9.84 Å². The minimum Gasteiger partial charge on any atom is -0.354 e. The van der Waals surface area contributed by atoms with Gasteiger partial charge in [0.2, 0.25) is 0 Å². The molecule has 0 aliphatic rings. The van der Waals surface area contributed by atoms with E-state index in [4.69, 9.17) is 0 Å². The average Bonchev–Trinajstić information content (AvgIpc) is 2.69. The van der Waals surface area contributed by atoms with Gasteiger partial charge < -0.3 is 15.5 Å². The second-order valence-electron chi connectivity index (χ2n) is 7.75. The third kappa shape index (κ3) is 8.08. The highest BCUT2D eigenvalue weighted by atomic mass is 127. The SMILES string of the molecule is CCc1ccc(C(CNC(=NC)NCc2ccc(S(C)(=O)=O)c(C)c2)N(C)C)cc1.I. The Bertz CT molecular complexity index is 974. The highest BCUT2D eigenvalue weighted by Crippen LogP contribution is 2.19. The zero-order valence-electron chi connectivity index (χ0n) is 19.3. The number of hydrogen-bond donors (Lipinski definition) is 2. The van der Waals surface area contributed by atoms with Gasteiger partial charge in [0.15, 0.2) is 15.8 Å². The Kier molecular flexibility index (Phi) is 11.0. The Morgan fingerprint density at radius 2 is 1.68 bits per heavy atom. The predicted octanol–water partition coefficient (Wildman–Crippen LogP) is 3.55. The van der Waals surface area contributed by atoms with E-state index in [0.717, 1.165) is 17.5 Å². The van der Waals surface area contributed by atoms with Crippen LogP contribution in [0.25, 0.3) is 0 Å². The summed E-state index contributed by atoms with van der Waals surface area (Å²) in [6.45, 7) is 5.25. The topological polar surface area (TPSA) is 73.8 Å². The lowest BCUT2D eigenvalue weighted by Crippen LogP contribution is -2.41. The first kappa shape index (κ1) is 27.4. The van der Waals surface area contributed by atoms with Crippen LogP contribution in [0.2, 0.25) is 0 Å². The van der Waals surface area contributed by atoms with E-state index in [0.29, 0.717) is 23.9 Å². The maximum Gasteiger partial charge on any atom is 0.191 e. The number of nitrogens with one attached hydrogen (secondary N) is 2. The van der Waals surface area contributed by atoms with Gasteiger partial charge in [-0.3, -0.25) is 4.99 Å². The Morgan fingerprint density at radius 3 is 2.16 bits per heavy atom. The summed E-state index contributed by atoms with van der Waals surface area (Å²) in [5.74, 6) is 0.705. The minimum atomic E-state index is -3.20. The lowest BCUT2D eigenvalue weighted by Gasteiger charge is -2.26. The molecule has 0 heterocycles. The Labute approximate surface area is 204 Å². The molecule has 2 N–H and O–H groups in total. The molecule has 0 aliphatic heterocycles. The highest BCUT2D eigenvalue weighted by Gasteiger charge is 2.15. The standard InChI is InChI=1S/C23H34N4O2S.HI/c1-7-18-8-11-20(12-9-18)21(27(4)5)16-26-23(24-3)25-15-19-10-13-22(17(2)14-19)30(6,28)29;/h8-14,21H,7,15-16H2,1-6H3,(H2,24,25,26);1H. The van der Waals surface area contributed by atoms with Crippen molar-refractivity contribution in [3.63, 3.8) is 0 Å². The summed E-state index contributed by atoms with van der Waals surface area (Å²) in [5.41, 5.74) is 4.34. The summed E-state index contributed by atoms with van der Waals surface area (Å²) in [5, 5.41) is 6.71. The number of halogens is 1. The summed E-state index contributed by atoms with van der Waals surface area (Å²) in [4.78, 5) is 6.88. The van der Waals surface area contributed by atoms with E-state index in [2.05, 4.69) is 65.8 Å². The molecule has 0 radical (unpaired) electrons. The van der Waals surface area contributed by atoms with E-state index in [-0.39, 0.29) is 30.0 Å². The number of aliphatic imine (C=N–C) groups is 1. The van der Waals surface area contributed by atoms with Gasteiger partial charge in [-0.05, 0) is 55.8 Å². The van der Waals surface area contributed by atoms with Crippen molar-refractivity contribution in [2.75, 3.05) is 33.9 Å². The predicted molar refractivity (Wildman–Crippen MR) is 140 cm³/mol. The molecule has 0 bridgehead atoms. The number of likely N-dealkylation sites (N-methyl/N-ethyl adjacent to an activating group) is 1. The second kappa shape index (κ2) is 12.4. The average molecular weight is 559 g/mol. The number of sulfone groups is 1. The van der Waals surface area contributed by atoms with E-state index in [1.807, 2.05) is 19.1 Å². The maximum atomic E-state index is 11.8. The monoisotopic (exact) mass is 558 g/mol. The molecule has 0 saturated carbocycles. The number of guanidine groups is 1. The molecule has 0 aromatic heterocycles. The van der Waals surface area contributed by atoms with Crippen molar-refractivity contribution >= 4 is 39.8 Å². The fourth-order valence-electron chi connectivity index (χ4n) is 3.41. The first-order valence-electron chi connectivity index (χ1n) is 10.1. The van der Waals surface area contributed by atoms with Gasteiger partial charge >= 0.3 is 0 Å². The Balaban J connectivity index is 0.00000480. The van der Waals surface area contributed by atoms with Crippen molar-refractivity contribution in [1.29, 1.82) is 0 Å². The smallest absolute Gasteiger partial charge is 0.191 e. The van der Waals surface area contributed by atoms with Crippen molar-refractivity contribution in [2.24, 2.45) is 4.99 Å². The number of benzene rings is 2. The van der Waals surface area contributed by atoms with Crippen LogP contribution in [0.3, 0.4) is 0 Å². The Morgan fingerprint density at radius 1 is 1.06 bits per heavy atom. The van der Waals surface area contributed by atoms with Crippen LogP contribution in [-0.4, -0.2) is 53.2 Å². The summed E-state index contributed by atoms with van der Waals surface area (Å²) in [6, 6.07) is 14.4. The van der Waals surface area contributed by atoms with Gasteiger partial charge in [-0.15, -0.1) is 24.0 Å². The molecular weight excluding hydrogens is 523 g/mol. The Hall–Kier alpha value is -1.65. The van der Waals surface area contributed by atoms with Gasteiger partial charge in [0.05, 0.1) is 10.9 Å². The van der Waals surface area contributed by atoms with Crippen LogP contribution in [0.1, 0.15) is 35.2 Å². The van der Waals surface area contributed by atoms with Gasteiger partial charge in [-0.25, -0.2) is 8.42 Å². The van der Waals surface area contributed by atoms with Crippen molar-refractivity contribution in [3.8, 4) is 0 Å². The van der Waals surface area contributed by atoms with Gasteiger partial charge in [-0.1, -0.05) is 43.3 Å². The second-order valence-corrected chi connectivity index (χ2v) is 9.74. The number of nitrogens with zero attached hydrogens (tertiary/aromatic N) is 2. The van der Waals surface area contributed by atoms with Crippen molar-refractivity contribution in [2.45, 2.75) is 37.8 Å². The lowest BCUT2D eigenvalue weighted by molar-refractivity contribution is 0.298. The number of rotatable bonds is 8. The molecule has 31 heavy (non-hydrogen) atoms. The van der Waals surface area contributed by atoms with Gasteiger partial charge in [0.25, 0.3) is 0 Å². The molecule has 0 saturated heterocycles. The summed E-state index contributed by atoms with van der Waals surface area (Å²) < 4.78 is 23.6. The summed E-state index contributed by atoms with van der Waals surface area (Å²) >= 11 is 0. The molecule has 2 rings (SSSR count). The van der Waals surface area contributed by atoms with Crippen LogP contribution < -0.4 is 10.6 Å². The molecule has 6 nitrogen and oxygen atoms in total. The molecule has 1 atom stereocenters. The molecule has 1 unspecified atom stereocenters. The molecule has 172 valence electrons. The normalized spacial score (nSPS) is 12.9. The van der Waals surface area contributed by atoms with Gasteiger partial charge in [0, 0.05) is 26.4 Å². The largest absolute Gasteiger partial charge is 0.354 e.